The zero-order valence-corrected chi connectivity index (χ0v) is 21.7. The summed E-state index contributed by atoms with van der Waals surface area (Å²) in [5, 5.41) is 3.45. The average Bonchev–Trinajstić information content (AvgIpc) is 3.19. The Bertz CT molecular complexity index is 1280. The van der Waals surface area contributed by atoms with E-state index in [-0.39, 0.29) is 29.4 Å². The van der Waals surface area contributed by atoms with E-state index in [2.05, 4.69) is 31.1 Å². The molecule has 0 fully saturated rings. The number of benzene rings is 1. The normalized spacial score (nSPS) is 15.6. The average molecular weight is 496 g/mol. The smallest absolute Gasteiger partial charge is 0.338 e. The number of aromatic nitrogens is 2. The second-order valence-corrected chi connectivity index (χ2v) is 11.4. The van der Waals surface area contributed by atoms with Crippen LogP contribution in [0.25, 0.3) is 10.2 Å². The van der Waals surface area contributed by atoms with Crippen LogP contribution in [0.4, 0.5) is 5.69 Å². The van der Waals surface area contributed by atoms with Crippen molar-refractivity contribution < 1.29 is 14.3 Å². The number of esters is 1. The van der Waals surface area contributed by atoms with Crippen LogP contribution in [0.3, 0.4) is 0 Å². The first-order valence-electron chi connectivity index (χ1n) is 12.2. The van der Waals surface area contributed by atoms with Gasteiger partial charge in [0.15, 0.2) is 0 Å². The number of rotatable bonds is 7. The van der Waals surface area contributed by atoms with E-state index in [1.165, 1.54) is 15.8 Å². The molecular weight excluding hydrogens is 462 g/mol. The van der Waals surface area contributed by atoms with Gasteiger partial charge in [-0.3, -0.25) is 14.2 Å². The van der Waals surface area contributed by atoms with E-state index >= 15 is 0 Å². The van der Waals surface area contributed by atoms with Crippen molar-refractivity contribution in [3.8, 4) is 0 Å². The molecule has 1 N–H and O–H groups in total. The van der Waals surface area contributed by atoms with Gasteiger partial charge < -0.3 is 10.1 Å². The molecule has 1 aliphatic carbocycles. The molecular formula is C27H33N3O4S. The fraction of sp³-hybridized carbons (Fsp3) is 0.481. The van der Waals surface area contributed by atoms with Crippen molar-refractivity contribution >= 4 is 39.1 Å². The minimum atomic E-state index is -0.379. The Hall–Kier alpha value is -3.00. The first-order chi connectivity index (χ1) is 16.7. The molecule has 186 valence electrons. The number of aryl methyl sites for hydroxylation is 1. The molecule has 1 amide bonds. The highest BCUT2D eigenvalue weighted by molar-refractivity contribution is 7.18. The molecule has 8 heteroatoms. The Balaban J connectivity index is 1.44. The van der Waals surface area contributed by atoms with Gasteiger partial charge in [-0.15, -0.1) is 11.3 Å². The molecule has 3 aromatic rings. The number of unbranched alkanes of at least 4 members (excludes halogenated alkanes) is 1. The summed E-state index contributed by atoms with van der Waals surface area (Å²) in [6.45, 7) is 9.11. The number of thiophene rings is 1. The minimum Gasteiger partial charge on any atom is -0.462 e. The third-order valence-electron chi connectivity index (χ3n) is 6.71. The number of hydrogen-bond donors (Lipinski definition) is 1. The zero-order valence-electron chi connectivity index (χ0n) is 20.8. The Kier molecular flexibility index (Phi) is 7.40. The number of hydrogen-bond acceptors (Lipinski definition) is 6. The highest BCUT2D eigenvalue weighted by atomic mass is 32.1. The largest absolute Gasteiger partial charge is 0.462 e. The van der Waals surface area contributed by atoms with Gasteiger partial charge in [-0.2, -0.15) is 0 Å². The van der Waals surface area contributed by atoms with Gasteiger partial charge in [0.05, 0.1) is 23.9 Å². The number of anilines is 1. The van der Waals surface area contributed by atoms with E-state index in [1.54, 1.807) is 35.6 Å². The molecule has 1 atom stereocenters. The number of carbonyl (C=O) groups excluding carboxylic acids is 2. The van der Waals surface area contributed by atoms with Crippen LogP contribution in [-0.4, -0.2) is 28.0 Å². The van der Waals surface area contributed by atoms with Crippen LogP contribution < -0.4 is 10.9 Å². The van der Waals surface area contributed by atoms with E-state index in [9.17, 15) is 14.4 Å². The second kappa shape index (κ2) is 10.3. The third kappa shape index (κ3) is 5.64. The Morgan fingerprint density at radius 1 is 1.23 bits per heavy atom. The van der Waals surface area contributed by atoms with Crippen LogP contribution in [-0.2, 0) is 28.9 Å². The maximum Gasteiger partial charge on any atom is 0.338 e. The number of ether oxygens (including phenoxy) is 1. The van der Waals surface area contributed by atoms with E-state index in [1.807, 2.05) is 6.92 Å². The van der Waals surface area contributed by atoms with Gasteiger partial charge in [0.1, 0.15) is 11.4 Å². The summed E-state index contributed by atoms with van der Waals surface area (Å²) in [7, 11) is 0. The fourth-order valence-corrected chi connectivity index (χ4v) is 5.75. The molecule has 0 saturated heterocycles. The standard InChI is InChI=1S/C27H33N3O4S/c1-5-6-13-34-26(33)17-7-10-19(11-8-17)29-22(31)15-30-16-28-24-23(25(30)32)20-12-9-18(27(2,3)4)14-21(20)35-24/h7-8,10-11,16,18H,5-6,9,12-15H2,1-4H3,(H,29,31). The van der Waals surface area contributed by atoms with Crippen LogP contribution in [0.15, 0.2) is 35.4 Å². The second-order valence-electron chi connectivity index (χ2n) is 10.3. The fourth-order valence-electron chi connectivity index (χ4n) is 4.49. The zero-order chi connectivity index (χ0) is 25.2. The van der Waals surface area contributed by atoms with Crippen LogP contribution in [0.1, 0.15) is 67.8 Å². The lowest BCUT2D eigenvalue weighted by Gasteiger charge is -2.33. The molecule has 1 aliphatic rings. The van der Waals surface area contributed by atoms with Crippen LogP contribution in [0, 0.1) is 11.3 Å². The van der Waals surface area contributed by atoms with Gasteiger partial charge in [-0.05, 0) is 66.8 Å². The summed E-state index contributed by atoms with van der Waals surface area (Å²) in [5.41, 5.74) is 2.15. The molecule has 7 nitrogen and oxygen atoms in total. The van der Waals surface area contributed by atoms with Crippen molar-refractivity contribution in [1.29, 1.82) is 0 Å². The minimum absolute atomic E-state index is 0.127. The molecule has 0 aliphatic heterocycles. The molecule has 1 unspecified atom stereocenters. The van der Waals surface area contributed by atoms with Gasteiger partial charge in [-0.1, -0.05) is 34.1 Å². The highest BCUT2D eigenvalue weighted by Crippen LogP contribution is 2.41. The first kappa shape index (κ1) is 25.1. The number of amides is 1. The molecule has 35 heavy (non-hydrogen) atoms. The Morgan fingerprint density at radius 3 is 2.66 bits per heavy atom. The quantitative estimate of drug-likeness (QED) is 0.359. The predicted molar refractivity (Wildman–Crippen MR) is 139 cm³/mol. The molecule has 0 bridgehead atoms. The van der Waals surface area contributed by atoms with Gasteiger partial charge >= 0.3 is 5.97 Å². The molecule has 1 aromatic carbocycles. The Labute approximate surface area is 209 Å². The topological polar surface area (TPSA) is 90.3 Å². The van der Waals surface area contributed by atoms with Crippen LogP contribution >= 0.6 is 11.3 Å². The highest BCUT2D eigenvalue weighted by Gasteiger charge is 2.31. The van der Waals surface area contributed by atoms with Gasteiger partial charge in [-0.25, -0.2) is 9.78 Å². The van der Waals surface area contributed by atoms with Crippen molar-refractivity contribution in [3.63, 3.8) is 0 Å². The van der Waals surface area contributed by atoms with Crippen LogP contribution in [0.5, 0.6) is 0 Å². The van der Waals surface area contributed by atoms with Gasteiger partial charge in [0, 0.05) is 10.6 Å². The maximum atomic E-state index is 13.3. The van der Waals surface area contributed by atoms with Crippen molar-refractivity contribution in [2.24, 2.45) is 11.3 Å². The molecule has 2 heterocycles. The lowest BCUT2D eigenvalue weighted by Crippen LogP contribution is -2.29. The molecule has 4 rings (SSSR count). The summed E-state index contributed by atoms with van der Waals surface area (Å²) in [6, 6.07) is 6.54. The van der Waals surface area contributed by atoms with E-state index < -0.39 is 0 Å². The molecule has 0 saturated carbocycles. The number of fused-ring (bicyclic) bond motifs is 3. The van der Waals surface area contributed by atoms with Crippen LogP contribution in [0.2, 0.25) is 0 Å². The monoisotopic (exact) mass is 495 g/mol. The first-order valence-corrected chi connectivity index (χ1v) is 13.1. The molecule has 0 radical (unpaired) electrons. The molecule has 2 aromatic heterocycles. The van der Waals surface area contributed by atoms with Gasteiger partial charge in [0.2, 0.25) is 5.91 Å². The summed E-state index contributed by atoms with van der Waals surface area (Å²) >= 11 is 1.61. The van der Waals surface area contributed by atoms with Crippen molar-refractivity contribution in [3.05, 3.63) is 57.0 Å². The van der Waals surface area contributed by atoms with E-state index in [0.717, 1.165) is 42.5 Å². The lowest BCUT2D eigenvalue weighted by atomic mass is 9.72. The summed E-state index contributed by atoms with van der Waals surface area (Å²) in [4.78, 5) is 44.5. The number of nitrogens with one attached hydrogen (secondary N) is 1. The van der Waals surface area contributed by atoms with E-state index in [0.29, 0.717) is 29.2 Å². The van der Waals surface area contributed by atoms with Crippen molar-refractivity contribution in [2.45, 2.75) is 66.3 Å². The SMILES string of the molecule is CCCCOC(=O)c1ccc(NC(=O)Cn2cnc3sc4c(c3c2=O)CCC(C(C)(C)C)C4)cc1. The summed E-state index contributed by atoms with van der Waals surface area (Å²) < 4.78 is 6.58. The Morgan fingerprint density at radius 2 is 1.97 bits per heavy atom. The molecule has 0 spiro atoms. The van der Waals surface area contributed by atoms with E-state index in [4.69, 9.17) is 4.74 Å². The summed E-state index contributed by atoms with van der Waals surface area (Å²) in [5.74, 6) is -0.126. The number of nitrogens with zero attached hydrogens (tertiary/aromatic N) is 2. The third-order valence-corrected chi connectivity index (χ3v) is 7.87. The van der Waals surface area contributed by atoms with Gasteiger partial charge in [0.25, 0.3) is 5.56 Å². The maximum absolute atomic E-state index is 13.3. The lowest BCUT2D eigenvalue weighted by molar-refractivity contribution is -0.116. The van der Waals surface area contributed by atoms with Crippen molar-refractivity contribution in [1.82, 2.24) is 9.55 Å². The van der Waals surface area contributed by atoms with Crippen molar-refractivity contribution in [2.75, 3.05) is 11.9 Å². The summed E-state index contributed by atoms with van der Waals surface area (Å²) in [6.07, 6.45) is 6.14. The predicted octanol–water partition coefficient (Wildman–Crippen LogP) is 5.20. The number of carbonyl (C=O) groups is 2.